The summed E-state index contributed by atoms with van der Waals surface area (Å²) in [6.45, 7) is 6.77. The molecule has 0 amide bonds. The summed E-state index contributed by atoms with van der Waals surface area (Å²) in [6.07, 6.45) is 2.91. The van der Waals surface area contributed by atoms with Crippen LogP contribution in [-0.4, -0.2) is 28.5 Å². The first kappa shape index (κ1) is 16.9. The SMILES string of the molecule is CCCN(Cc1ccc(C#N)cc1)Cc1cnc(OC)nc1C. The number of nitriles is 1. The number of hydrogen-bond acceptors (Lipinski definition) is 5. The standard InChI is InChI=1S/C18H22N4O/c1-4-9-22(12-16-7-5-15(10-19)6-8-16)13-17-11-20-18(23-3)21-14(17)2/h5-8,11H,4,9,12-13H2,1-3H3. The first-order chi connectivity index (χ1) is 11.2. The quantitative estimate of drug-likeness (QED) is 0.786. The average Bonchev–Trinajstić information content (AvgIpc) is 2.57. The molecule has 0 saturated carbocycles. The van der Waals surface area contributed by atoms with Crippen LogP contribution < -0.4 is 4.74 Å². The summed E-state index contributed by atoms with van der Waals surface area (Å²) in [5.74, 6) is 0. The molecule has 0 fully saturated rings. The normalized spacial score (nSPS) is 10.6. The summed E-state index contributed by atoms with van der Waals surface area (Å²) in [4.78, 5) is 10.9. The maximum atomic E-state index is 8.88. The van der Waals surface area contributed by atoms with Gasteiger partial charge >= 0.3 is 6.01 Å². The van der Waals surface area contributed by atoms with E-state index in [0.29, 0.717) is 11.6 Å². The van der Waals surface area contributed by atoms with E-state index in [1.54, 1.807) is 7.11 Å². The second kappa shape index (κ2) is 8.25. The van der Waals surface area contributed by atoms with E-state index in [-0.39, 0.29) is 0 Å². The summed E-state index contributed by atoms with van der Waals surface area (Å²) in [5, 5.41) is 8.88. The highest BCUT2D eigenvalue weighted by molar-refractivity contribution is 5.31. The van der Waals surface area contributed by atoms with Crippen LogP contribution in [0.15, 0.2) is 30.5 Å². The Morgan fingerprint density at radius 3 is 2.52 bits per heavy atom. The van der Waals surface area contributed by atoms with Crippen LogP contribution >= 0.6 is 0 Å². The topological polar surface area (TPSA) is 62.0 Å². The van der Waals surface area contributed by atoms with Gasteiger partial charge in [0.2, 0.25) is 0 Å². The van der Waals surface area contributed by atoms with Crippen molar-refractivity contribution in [3.8, 4) is 12.1 Å². The van der Waals surface area contributed by atoms with Crippen molar-refractivity contribution in [1.29, 1.82) is 5.26 Å². The van der Waals surface area contributed by atoms with Gasteiger partial charge in [0.25, 0.3) is 0 Å². The Labute approximate surface area is 137 Å². The molecule has 0 aliphatic rings. The lowest BCUT2D eigenvalue weighted by Crippen LogP contribution is -2.24. The van der Waals surface area contributed by atoms with Gasteiger partial charge in [0.1, 0.15) is 0 Å². The van der Waals surface area contributed by atoms with Gasteiger partial charge in [0.15, 0.2) is 0 Å². The lowest BCUT2D eigenvalue weighted by Gasteiger charge is -2.22. The Morgan fingerprint density at radius 1 is 1.22 bits per heavy atom. The zero-order chi connectivity index (χ0) is 16.7. The molecule has 0 atom stereocenters. The van der Waals surface area contributed by atoms with Gasteiger partial charge in [-0.15, -0.1) is 0 Å². The van der Waals surface area contributed by atoms with E-state index in [0.717, 1.165) is 37.3 Å². The number of nitrogens with zero attached hydrogens (tertiary/aromatic N) is 4. The molecule has 1 heterocycles. The highest BCUT2D eigenvalue weighted by Crippen LogP contribution is 2.14. The van der Waals surface area contributed by atoms with Crippen molar-refractivity contribution in [3.63, 3.8) is 0 Å². The van der Waals surface area contributed by atoms with Gasteiger partial charge in [-0.25, -0.2) is 9.97 Å². The average molecular weight is 310 g/mol. The van der Waals surface area contributed by atoms with Gasteiger partial charge in [-0.2, -0.15) is 5.26 Å². The minimum absolute atomic E-state index is 0.403. The Balaban J connectivity index is 2.10. The molecule has 0 saturated heterocycles. The van der Waals surface area contributed by atoms with Crippen LogP contribution in [-0.2, 0) is 13.1 Å². The van der Waals surface area contributed by atoms with Crippen LogP contribution in [0.2, 0.25) is 0 Å². The fourth-order valence-corrected chi connectivity index (χ4v) is 2.44. The van der Waals surface area contributed by atoms with Crippen molar-refractivity contribution in [2.75, 3.05) is 13.7 Å². The van der Waals surface area contributed by atoms with Gasteiger partial charge < -0.3 is 4.74 Å². The van der Waals surface area contributed by atoms with Gasteiger partial charge in [-0.3, -0.25) is 4.90 Å². The molecule has 0 N–H and O–H groups in total. The molecular formula is C18H22N4O. The third-order valence-corrected chi connectivity index (χ3v) is 3.66. The van der Waals surface area contributed by atoms with Gasteiger partial charge in [0, 0.05) is 30.5 Å². The Kier molecular flexibility index (Phi) is 6.07. The molecule has 0 aliphatic heterocycles. The van der Waals surface area contributed by atoms with E-state index in [1.165, 1.54) is 5.56 Å². The fourth-order valence-electron chi connectivity index (χ4n) is 2.44. The molecule has 2 aromatic rings. The summed E-state index contributed by atoms with van der Waals surface area (Å²) in [7, 11) is 1.57. The van der Waals surface area contributed by atoms with Crippen molar-refractivity contribution in [2.24, 2.45) is 0 Å². The number of benzene rings is 1. The number of aryl methyl sites for hydroxylation is 1. The molecule has 0 bridgehead atoms. The Bertz CT molecular complexity index is 676. The molecule has 0 unspecified atom stereocenters. The molecule has 2 rings (SSSR count). The molecule has 0 radical (unpaired) electrons. The third kappa shape index (κ3) is 4.76. The van der Waals surface area contributed by atoms with E-state index in [1.807, 2.05) is 37.4 Å². The van der Waals surface area contributed by atoms with E-state index in [9.17, 15) is 0 Å². The molecule has 5 heteroatoms. The van der Waals surface area contributed by atoms with Crippen molar-refractivity contribution >= 4 is 0 Å². The largest absolute Gasteiger partial charge is 0.467 e. The van der Waals surface area contributed by atoms with Crippen LogP contribution in [0.4, 0.5) is 0 Å². The number of ether oxygens (including phenoxy) is 1. The molecule has 120 valence electrons. The van der Waals surface area contributed by atoms with Crippen molar-refractivity contribution < 1.29 is 4.74 Å². The lowest BCUT2D eigenvalue weighted by molar-refractivity contribution is 0.255. The van der Waals surface area contributed by atoms with E-state index < -0.39 is 0 Å². The van der Waals surface area contributed by atoms with Crippen LogP contribution in [0.5, 0.6) is 6.01 Å². The Hall–Kier alpha value is -2.45. The third-order valence-electron chi connectivity index (χ3n) is 3.66. The highest BCUT2D eigenvalue weighted by atomic mass is 16.5. The minimum atomic E-state index is 0.403. The van der Waals surface area contributed by atoms with E-state index >= 15 is 0 Å². The minimum Gasteiger partial charge on any atom is -0.467 e. The maximum Gasteiger partial charge on any atom is 0.316 e. The van der Waals surface area contributed by atoms with Crippen LogP contribution in [0, 0.1) is 18.3 Å². The number of hydrogen-bond donors (Lipinski definition) is 0. The first-order valence-electron chi connectivity index (χ1n) is 7.74. The highest BCUT2D eigenvalue weighted by Gasteiger charge is 2.10. The zero-order valence-electron chi connectivity index (χ0n) is 13.9. The number of methoxy groups -OCH3 is 1. The Morgan fingerprint density at radius 2 is 1.96 bits per heavy atom. The zero-order valence-corrected chi connectivity index (χ0v) is 13.9. The van der Waals surface area contributed by atoms with Crippen molar-refractivity contribution in [1.82, 2.24) is 14.9 Å². The smallest absolute Gasteiger partial charge is 0.316 e. The lowest BCUT2D eigenvalue weighted by atomic mass is 10.1. The molecule has 0 aliphatic carbocycles. The molecule has 23 heavy (non-hydrogen) atoms. The number of aromatic nitrogens is 2. The maximum absolute atomic E-state index is 8.88. The van der Waals surface area contributed by atoms with E-state index in [2.05, 4.69) is 27.9 Å². The molecular weight excluding hydrogens is 288 g/mol. The molecule has 1 aromatic carbocycles. The van der Waals surface area contributed by atoms with Crippen LogP contribution in [0.3, 0.4) is 0 Å². The predicted octanol–water partition coefficient (Wildman–Crippen LogP) is 3.08. The summed E-state index contributed by atoms with van der Waals surface area (Å²) >= 11 is 0. The summed E-state index contributed by atoms with van der Waals surface area (Å²) < 4.78 is 5.06. The van der Waals surface area contributed by atoms with Gasteiger partial charge in [0.05, 0.1) is 18.7 Å². The van der Waals surface area contributed by atoms with E-state index in [4.69, 9.17) is 10.00 Å². The summed E-state index contributed by atoms with van der Waals surface area (Å²) in [5.41, 5.74) is 3.94. The molecule has 1 aromatic heterocycles. The van der Waals surface area contributed by atoms with Crippen LogP contribution in [0.1, 0.15) is 35.7 Å². The second-order valence-electron chi connectivity index (χ2n) is 5.49. The summed E-state index contributed by atoms with van der Waals surface area (Å²) in [6, 6.07) is 10.3. The molecule has 5 nitrogen and oxygen atoms in total. The van der Waals surface area contributed by atoms with Crippen LogP contribution in [0.25, 0.3) is 0 Å². The van der Waals surface area contributed by atoms with Gasteiger partial charge in [-0.05, 0) is 37.6 Å². The second-order valence-corrected chi connectivity index (χ2v) is 5.49. The first-order valence-corrected chi connectivity index (χ1v) is 7.74. The predicted molar refractivity (Wildman–Crippen MR) is 88.9 cm³/mol. The number of rotatable bonds is 7. The molecule has 0 spiro atoms. The van der Waals surface area contributed by atoms with Crippen molar-refractivity contribution in [3.05, 3.63) is 52.8 Å². The van der Waals surface area contributed by atoms with Crippen molar-refractivity contribution in [2.45, 2.75) is 33.4 Å². The van der Waals surface area contributed by atoms with Gasteiger partial charge in [-0.1, -0.05) is 19.1 Å². The fraction of sp³-hybridized carbons (Fsp3) is 0.389. The monoisotopic (exact) mass is 310 g/mol.